The van der Waals surface area contributed by atoms with Crippen molar-refractivity contribution in [2.24, 2.45) is 0 Å². The van der Waals surface area contributed by atoms with Gasteiger partial charge in [-0.2, -0.15) is 0 Å². The molecule has 2 amide bonds. The van der Waals surface area contributed by atoms with Crippen molar-refractivity contribution >= 4 is 46.1 Å². The van der Waals surface area contributed by atoms with Crippen molar-refractivity contribution in [2.75, 3.05) is 17.2 Å². The SMILES string of the molecule is O=C1COc2cc(NC(=O)c3ccc(-c4ccc(F)cc4)s3)c(Cl)cc2N1. The van der Waals surface area contributed by atoms with Gasteiger partial charge in [0.2, 0.25) is 0 Å². The zero-order valence-electron chi connectivity index (χ0n) is 13.7. The predicted octanol–water partition coefficient (Wildman–Crippen LogP) is 4.79. The van der Waals surface area contributed by atoms with Crippen molar-refractivity contribution in [1.82, 2.24) is 0 Å². The zero-order valence-corrected chi connectivity index (χ0v) is 15.3. The Morgan fingerprint density at radius 2 is 1.96 bits per heavy atom. The van der Waals surface area contributed by atoms with E-state index < -0.39 is 0 Å². The van der Waals surface area contributed by atoms with Crippen LogP contribution in [0.1, 0.15) is 9.67 Å². The van der Waals surface area contributed by atoms with E-state index >= 15 is 0 Å². The molecule has 0 bridgehead atoms. The van der Waals surface area contributed by atoms with Crippen LogP contribution in [0.2, 0.25) is 5.02 Å². The third-order valence-electron chi connectivity index (χ3n) is 3.91. The van der Waals surface area contributed by atoms with Gasteiger partial charge in [0.25, 0.3) is 11.8 Å². The highest BCUT2D eigenvalue weighted by Crippen LogP contribution is 2.37. The summed E-state index contributed by atoms with van der Waals surface area (Å²) in [7, 11) is 0. The zero-order chi connectivity index (χ0) is 19.0. The average molecular weight is 403 g/mol. The minimum absolute atomic E-state index is 0.0893. The number of benzene rings is 2. The normalized spacial score (nSPS) is 12.7. The van der Waals surface area contributed by atoms with Crippen LogP contribution < -0.4 is 15.4 Å². The molecule has 0 aliphatic carbocycles. The third-order valence-corrected chi connectivity index (χ3v) is 5.35. The Bertz CT molecular complexity index is 1050. The molecule has 3 aromatic rings. The first-order valence-electron chi connectivity index (χ1n) is 7.93. The highest BCUT2D eigenvalue weighted by molar-refractivity contribution is 7.17. The molecule has 0 fully saturated rings. The van der Waals surface area contributed by atoms with Crippen molar-refractivity contribution in [3.63, 3.8) is 0 Å². The van der Waals surface area contributed by atoms with E-state index in [2.05, 4.69) is 10.6 Å². The number of thiophene rings is 1. The average Bonchev–Trinajstić information content (AvgIpc) is 3.13. The fraction of sp³-hybridized carbons (Fsp3) is 0.0526. The highest BCUT2D eigenvalue weighted by Gasteiger charge is 2.20. The van der Waals surface area contributed by atoms with E-state index in [-0.39, 0.29) is 29.3 Å². The fourth-order valence-electron chi connectivity index (χ4n) is 2.61. The minimum atomic E-state index is -0.324. The van der Waals surface area contributed by atoms with Crippen LogP contribution >= 0.6 is 22.9 Å². The first-order chi connectivity index (χ1) is 13.0. The van der Waals surface area contributed by atoms with Gasteiger partial charge in [-0.05, 0) is 35.9 Å². The molecule has 0 unspecified atom stereocenters. The molecule has 0 spiro atoms. The van der Waals surface area contributed by atoms with Crippen molar-refractivity contribution in [2.45, 2.75) is 0 Å². The Morgan fingerprint density at radius 1 is 1.19 bits per heavy atom. The molecule has 4 rings (SSSR count). The lowest BCUT2D eigenvalue weighted by Crippen LogP contribution is -2.25. The first kappa shape index (κ1) is 17.5. The molecular formula is C19H12ClFN2O3S. The maximum atomic E-state index is 13.1. The number of rotatable bonds is 3. The summed E-state index contributed by atoms with van der Waals surface area (Å²) < 4.78 is 18.4. The van der Waals surface area contributed by atoms with E-state index in [1.165, 1.54) is 29.5 Å². The highest BCUT2D eigenvalue weighted by atomic mass is 35.5. The quantitative estimate of drug-likeness (QED) is 0.661. The molecule has 1 aromatic heterocycles. The summed E-state index contributed by atoms with van der Waals surface area (Å²) in [6.45, 7) is -0.0893. The van der Waals surface area contributed by atoms with Gasteiger partial charge < -0.3 is 15.4 Å². The molecule has 0 atom stereocenters. The molecule has 2 heterocycles. The summed E-state index contributed by atoms with van der Waals surface area (Å²) in [4.78, 5) is 25.2. The molecule has 27 heavy (non-hydrogen) atoms. The second-order valence-electron chi connectivity index (χ2n) is 5.79. The van der Waals surface area contributed by atoms with Crippen LogP contribution in [-0.2, 0) is 4.79 Å². The van der Waals surface area contributed by atoms with Gasteiger partial charge >= 0.3 is 0 Å². The van der Waals surface area contributed by atoms with Gasteiger partial charge in [0.15, 0.2) is 6.61 Å². The van der Waals surface area contributed by atoms with E-state index in [9.17, 15) is 14.0 Å². The monoisotopic (exact) mass is 402 g/mol. The van der Waals surface area contributed by atoms with E-state index in [1.807, 2.05) is 0 Å². The lowest BCUT2D eigenvalue weighted by molar-refractivity contribution is -0.118. The van der Waals surface area contributed by atoms with E-state index in [0.29, 0.717) is 22.0 Å². The lowest BCUT2D eigenvalue weighted by atomic mass is 10.2. The summed E-state index contributed by atoms with van der Waals surface area (Å²) in [6, 6.07) is 12.7. The Kier molecular flexibility index (Phi) is 4.55. The maximum Gasteiger partial charge on any atom is 0.265 e. The summed E-state index contributed by atoms with van der Waals surface area (Å²) in [5.41, 5.74) is 1.67. The Morgan fingerprint density at radius 3 is 2.74 bits per heavy atom. The topological polar surface area (TPSA) is 67.4 Å². The molecule has 0 saturated carbocycles. The van der Waals surface area contributed by atoms with Crippen molar-refractivity contribution < 1.29 is 18.7 Å². The standard InChI is InChI=1S/C19H12ClFN2O3S/c20-12-7-14-15(26-9-18(24)22-14)8-13(12)23-19(25)17-6-5-16(27-17)10-1-3-11(21)4-2-10/h1-8H,9H2,(H,22,24)(H,23,25). The van der Waals surface area contributed by atoms with Crippen LogP contribution in [0.4, 0.5) is 15.8 Å². The smallest absolute Gasteiger partial charge is 0.265 e. The van der Waals surface area contributed by atoms with Crippen LogP contribution in [0.15, 0.2) is 48.5 Å². The number of halogens is 2. The van der Waals surface area contributed by atoms with Gasteiger partial charge in [-0.3, -0.25) is 9.59 Å². The maximum absolute atomic E-state index is 13.1. The molecule has 8 heteroatoms. The Balaban J connectivity index is 1.54. The number of hydrogen-bond acceptors (Lipinski definition) is 4. The lowest BCUT2D eigenvalue weighted by Gasteiger charge is -2.19. The van der Waals surface area contributed by atoms with Crippen molar-refractivity contribution in [3.8, 4) is 16.2 Å². The van der Waals surface area contributed by atoms with Crippen LogP contribution in [0.3, 0.4) is 0 Å². The molecule has 2 N–H and O–H groups in total. The molecule has 5 nitrogen and oxygen atoms in total. The van der Waals surface area contributed by atoms with Crippen LogP contribution in [0.25, 0.3) is 10.4 Å². The van der Waals surface area contributed by atoms with E-state index in [1.54, 1.807) is 30.3 Å². The van der Waals surface area contributed by atoms with E-state index in [0.717, 1.165) is 10.4 Å². The second kappa shape index (κ2) is 7.02. The third kappa shape index (κ3) is 3.65. The minimum Gasteiger partial charge on any atom is -0.482 e. The Labute approximate surface area is 162 Å². The molecule has 0 radical (unpaired) electrons. The van der Waals surface area contributed by atoms with Gasteiger partial charge in [-0.25, -0.2) is 4.39 Å². The number of nitrogens with one attached hydrogen (secondary N) is 2. The van der Waals surface area contributed by atoms with E-state index in [4.69, 9.17) is 16.3 Å². The second-order valence-corrected chi connectivity index (χ2v) is 7.28. The summed E-state index contributed by atoms with van der Waals surface area (Å²) in [5, 5.41) is 5.68. The van der Waals surface area contributed by atoms with Gasteiger partial charge in [0, 0.05) is 10.9 Å². The number of carbonyl (C=O) groups excluding carboxylic acids is 2. The fourth-order valence-corrected chi connectivity index (χ4v) is 3.73. The van der Waals surface area contributed by atoms with Crippen molar-refractivity contribution in [3.05, 3.63) is 64.2 Å². The predicted molar refractivity (Wildman–Crippen MR) is 103 cm³/mol. The number of hydrogen-bond donors (Lipinski definition) is 2. The Hall–Kier alpha value is -2.90. The van der Waals surface area contributed by atoms with Gasteiger partial charge in [0.05, 0.1) is 21.3 Å². The largest absolute Gasteiger partial charge is 0.482 e. The molecule has 1 aliphatic heterocycles. The first-order valence-corrected chi connectivity index (χ1v) is 9.12. The number of fused-ring (bicyclic) bond motifs is 1. The molecule has 136 valence electrons. The van der Waals surface area contributed by atoms with Crippen LogP contribution in [0.5, 0.6) is 5.75 Å². The summed E-state index contributed by atoms with van der Waals surface area (Å²) >= 11 is 7.49. The molecular weight excluding hydrogens is 391 g/mol. The number of amides is 2. The van der Waals surface area contributed by atoms with Gasteiger partial charge in [-0.1, -0.05) is 23.7 Å². The molecule has 2 aromatic carbocycles. The molecule has 1 aliphatic rings. The van der Waals surface area contributed by atoms with Crippen molar-refractivity contribution in [1.29, 1.82) is 0 Å². The summed E-state index contributed by atoms with van der Waals surface area (Å²) in [5.74, 6) is -0.460. The molecule has 0 saturated heterocycles. The number of anilines is 2. The summed E-state index contributed by atoms with van der Waals surface area (Å²) in [6.07, 6.45) is 0. The van der Waals surface area contributed by atoms with Crippen LogP contribution in [0, 0.1) is 5.82 Å². The number of carbonyl (C=O) groups is 2. The van der Waals surface area contributed by atoms with Gasteiger partial charge in [0.1, 0.15) is 11.6 Å². The number of ether oxygens (including phenoxy) is 1. The van der Waals surface area contributed by atoms with Crippen LogP contribution in [-0.4, -0.2) is 18.4 Å². The van der Waals surface area contributed by atoms with Gasteiger partial charge in [-0.15, -0.1) is 11.3 Å².